The summed E-state index contributed by atoms with van der Waals surface area (Å²) in [5, 5.41) is 6.47. The molecule has 1 aliphatic rings. The smallest absolute Gasteiger partial charge is 0.191 e. The standard InChI is InChI=1S/C8H17N3S/c1-8(2,12-3)6-11-7-9-4-5-10-7/h4-6H2,1-3H3,(H2,9,10,11). The van der Waals surface area contributed by atoms with E-state index in [-0.39, 0.29) is 4.75 Å². The molecule has 1 rings (SSSR count). The van der Waals surface area contributed by atoms with Gasteiger partial charge in [0, 0.05) is 17.8 Å². The van der Waals surface area contributed by atoms with Crippen molar-refractivity contribution in [1.29, 1.82) is 0 Å². The molecule has 0 saturated heterocycles. The molecule has 0 aromatic rings. The summed E-state index contributed by atoms with van der Waals surface area (Å²) in [6, 6.07) is 0. The van der Waals surface area contributed by atoms with E-state index in [1.807, 2.05) is 11.8 Å². The van der Waals surface area contributed by atoms with Crippen LogP contribution in [0.4, 0.5) is 0 Å². The number of thioether (sulfide) groups is 1. The van der Waals surface area contributed by atoms with Crippen molar-refractivity contribution in [3.63, 3.8) is 0 Å². The van der Waals surface area contributed by atoms with Gasteiger partial charge in [0.2, 0.25) is 0 Å². The Morgan fingerprint density at radius 3 is 2.92 bits per heavy atom. The summed E-state index contributed by atoms with van der Waals surface area (Å²) >= 11 is 1.87. The van der Waals surface area contributed by atoms with Crippen LogP contribution in [0, 0.1) is 0 Å². The third kappa shape index (κ3) is 2.93. The Kier molecular flexibility index (Phi) is 3.26. The highest BCUT2D eigenvalue weighted by atomic mass is 32.2. The normalized spacial score (nSPS) is 17.1. The van der Waals surface area contributed by atoms with Crippen LogP contribution in [0.25, 0.3) is 0 Å². The van der Waals surface area contributed by atoms with Crippen molar-refractivity contribution in [2.45, 2.75) is 18.6 Å². The van der Waals surface area contributed by atoms with Gasteiger partial charge in [-0.1, -0.05) is 0 Å². The molecule has 0 amide bonds. The molecule has 0 aromatic carbocycles. The van der Waals surface area contributed by atoms with Crippen molar-refractivity contribution < 1.29 is 0 Å². The molecule has 1 aliphatic heterocycles. The zero-order chi connectivity index (χ0) is 9.03. The largest absolute Gasteiger partial charge is 0.355 e. The van der Waals surface area contributed by atoms with Crippen LogP contribution in [-0.2, 0) is 0 Å². The third-order valence-electron chi connectivity index (χ3n) is 1.91. The molecule has 0 radical (unpaired) electrons. The van der Waals surface area contributed by atoms with E-state index in [0.29, 0.717) is 0 Å². The summed E-state index contributed by atoms with van der Waals surface area (Å²) < 4.78 is 0.285. The highest BCUT2D eigenvalue weighted by molar-refractivity contribution is 7.99. The zero-order valence-electron chi connectivity index (χ0n) is 7.98. The molecular weight excluding hydrogens is 170 g/mol. The molecule has 1 heterocycles. The highest BCUT2D eigenvalue weighted by Gasteiger charge is 2.16. The van der Waals surface area contributed by atoms with Crippen molar-refractivity contribution in [2.75, 3.05) is 25.9 Å². The maximum atomic E-state index is 4.26. The van der Waals surface area contributed by atoms with Crippen molar-refractivity contribution in [3.05, 3.63) is 0 Å². The second-order valence-corrected chi connectivity index (χ2v) is 4.99. The lowest BCUT2D eigenvalue weighted by Crippen LogP contribution is -2.41. The number of hydrogen-bond donors (Lipinski definition) is 2. The Hall–Kier alpha value is -0.380. The number of hydrogen-bond acceptors (Lipinski definition) is 4. The van der Waals surface area contributed by atoms with Crippen LogP contribution in [0.1, 0.15) is 13.8 Å². The van der Waals surface area contributed by atoms with Gasteiger partial charge in [-0.2, -0.15) is 11.8 Å². The molecule has 12 heavy (non-hydrogen) atoms. The Morgan fingerprint density at radius 1 is 1.67 bits per heavy atom. The summed E-state index contributed by atoms with van der Waals surface area (Å²) in [4.78, 5) is 4.26. The number of nitrogens with one attached hydrogen (secondary N) is 2. The Morgan fingerprint density at radius 2 is 2.42 bits per heavy atom. The van der Waals surface area contributed by atoms with Gasteiger partial charge in [0.05, 0.1) is 6.54 Å². The fraction of sp³-hybridized carbons (Fsp3) is 0.875. The molecule has 2 N–H and O–H groups in total. The highest BCUT2D eigenvalue weighted by Crippen LogP contribution is 2.19. The molecule has 0 unspecified atom stereocenters. The molecule has 70 valence electrons. The van der Waals surface area contributed by atoms with Crippen LogP contribution in [0.5, 0.6) is 0 Å². The molecule has 0 saturated carbocycles. The van der Waals surface area contributed by atoms with Crippen molar-refractivity contribution in [2.24, 2.45) is 4.99 Å². The fourth-order valence-corrected chi connectivity index (χ4v) is 1.10. The maximum absolute atomic E-state index is 4.26. The number of aliphatic imine (C=N–C) groups is 1. The van der Waals surface area contributed by atoms with E-state index >= 15 is 0 Å². The van der Waals surface area contributed by atoms with Gasteiger partial charge in [0.15, 0.2) is 5.96 Å². The molecule has 4 heteroatoms. The predicted octanol–water partition coefficient (Wildman–Crippen LogP) is 0.677. The first-order valence-corrected chi connectivity index (χ1v) is 5.44. The maximum Gasteiger partial charge on any atom is 0.191 e. The van der Waals surface area contributed by atoms with Crippen LogP contribution < -0.4 is 10.6 Å². The van der Waals surface area contributed by atoms with Crippen LogP contribution in [0.15, 0.2) is 4.99 Å². The van der Waals surface area contributed by atoms with Crippen molar-refractivity contribution >= 4 is 17.7 Å². The summed E-state index contributed by atoms with van der Waals surface area (Å²) in [6.07, 6.45) is 2.13. The van der Waals surface area contributed by atoms with Crippen molar-refractivity contribution in [3.8, 4) is 0 Å². The van der Waals surface area contributed by atoms with E-state index < -0.39 is 0 Å². The molecule has 0 aliphatic carbocycles. The summed E-state index contributed by atoms with van der Waals surface area (Å²) in [5.74, 6) is 0.956. The second kappa shape index (κ2) is 4.03. The fourth-order valence-electron chi connectivity index (χ4n) is 0.885. The minimum absolute atomic E-state index is 0.285. The van der Waals surface area contributed by atoms with Crippen molar-refractivity contribution in [1.82, 2.24) is 10.6 Å². The van der Waals surface area contributed by atoms with Gasteiger partial charge in [0.25, 0.3) is 0 Å². The molecule has 0 spiro atoms. The first-order chi connectivity index (χ1) is 5.64. The summed E-state index contributed by atoms with van der Waals surface area (Å²) in [7, 11) is 0. The number of nitrogens with zero attached hydrogens (tertiary/aromatic N) is 1. The number of rotatable bonds is 3. The molecule has 0 atom stereocenters. The molecular formula is C8H17N3S. The van der Waals surface area contributed by atoms with Gasteiger partial charge < -0.3 is 10.6 Å². The van der Waals surface area contributed by atoms with Gasteiger partial charge in [-0.05, 0) is 20.1 Å². The van der Waals surface area contributed by atoms with E-state index in [1.54, 1.807) is 0 Å². The predicted molar refractivity (Wildman–Crippen MR) is 55.9 cm³/mol. The summed E-state index contributed by atoms with van der Waals surface area (Å²) in [6.45, 7) is 7.28. The lowest BCUT2D eigenvalue weighted by atomic mass is 10.2. The average molecular weight is 187 g/mol. The van der Waals surface area contributed by atoms with Gasteiger partial charge in [0.1, 0.15) is 0 Å². The van der Waals surface area contributed by atoms with Gasteiger partial charge >= 0.3 is 0 Å². The monoisotopic (exact) mass is 187 g/mol. The summed E-state index contributed by atoms with van der Waals surface area (Å²) in [5.41, 5.74) is 0. The Labute approximate surface area is 78.4 Å². The molecule has 3 nitrogen and oxygen atoms in total. The van der Waals surface area contributed by atoms with E-state index in [2.05, 4.69) is 35.7 Å². The first kappa shape index (κ1) is 9.71. The molecule has 0 aromatic heterocycles. The average Bonchev–Trinajstić information content (AvgIpc) is 2.53. The minimum Gasteiger partial charge on any atom is -0.355 e. The van der Waals surface area contributed by atoms with Crippen LogP contribution in [0.2, 0.25) is 0 Å². The minimum atomic E-state index is 0.285. The molecule has 0 bridgehead atoms. The van der Waals surface area contributed by atoms with Gasteiger partial charge in [-0.15, -0.1) is 0 Å². The van der Waals surface area contributed by atoms with Gasteiger partial charge in [-0.25, -0.2) is 0 Å². The van der Waals surface area contributed by atoms with Crippen LogP contribution in [-0.4, -0.2) is 36.6 Å². The zero-order valence-corrected chi connectivity index (χ0v) is 8.79. The Bertz CT molecular complexity index is 177. The Balaban J connectivity index is 2.24. The first-order valence-electron chi connectivity index (χ1n) is 4.21. The SMILES string of the molecule is CSC(C)(C)CNC1=NCCN1. The quantitative estimate of drug-likeness (QED) is 0.682. The van der Waals surface area contributed by atoms with E-state index in [0.717, 1.165) is 25.6 Å². The number of guanidine groups is 1. The lowest BCUT2D eigenvalue weighted by Gasteiger charge is -2.22. The third-order valence-corrected chi connectivity index (χ3v) is 3.16. The van der Waals surface area contributed by atoms with Crippen LogP contribution in [0.3, 0.4) is 0 Å². The second-order valence-electron chi connectivity index (χ2n) is 3.47. The lowest BCUT2D eigenvalue weighted by molar-refractivity contribution is 0.672. The van der Waals surface area contributed by atoms with Crippen LogP contribution >= 0.6 is 11.8 Å². The molecule has 0 fully saturated rings. The van der Waals surface area contributed by atoms with E-state index in [1.165, 1.54) is 0 Å². The van der Waals surface area contributed by atoms with E-state index in [4.69, 9.17) is 0 Å². The van der Waals surface area contributed by atoms with E-state index in [9.17, 15) is 0 Å². The topological polar surface area (TPSA) is 36.4 Å². The van der Waals surface area contributed by atoms with Gasteiger partial charge in [-0.3, -0.25) is 4.99 Å².